The monoisotopic (exact) mass is 301 g/mol. The van der Waals surface area contributed by atoms with Gasteiger partial charge in [0.05, 0.1) is 16.6 Å². The average molecular weight is 302 g/mol. The molecule has 1 fully saturated rings. The topological polar surface area (TPSA) is 32.3 Å². The van der Waals surface area contributed by atoms with Crippen molar-refractivity contribution >= 4 is 15.9 Å². The van der Waals surface area contributed by atoms with Crippen molar-refractivity contribution in [1.82, 2.24) is 5.32 Å². The van der Waals surface area contributed by atoms with Crippen molar-refractivity contribution in [2.24, 2.45) is 5.92 Å². The summed E-state index contributed by atoms with van der Waals surface area (Å²) in [6.07, 6.45) is 2.53. The lowest BCUT2D eigenvalue weighted by Gasteiger charge is -2.30. The van der Waals surface area contributed by atoms with E-state index in [-0.39, 0.29) is 12.4 Å². The van der Waals surface area contributed by atoms with Crippen molar-refractivity contribution in [1.29, 1.82) is 0 Å². The highest BCUT2D eigenvalue weighted by molar-refractivity contribution is 9.10. The second kappa shape index (κ2) is 5.04. The fourth-order valence-corrected chi connectivity index (χ4v) is 2.16. The second-order valence-corrected chi connectivity index (χ2v) is 5.80. The molecule has 1 aliphatic rings. The number of hydrogen-bond donors (Lipinski definition) is 2. The molecule has 0 bridgehead atoms. The van der Waals surface area contributed by atoms with E-state index in [1.165, 1.54) is 18.9 Å². The number of aliphatic hydroxyl groups is 1. The Labute approximate surface area is 109 Å². The van der Waals surface area contributed by atoms with Gasteiger partial charge in [-0.25, -0.2) is 4.39 Å². The summed E-state index contributed by atoms with van der Waals surface area (Å²) in [5.41, 5.74) is 0.396. The average Bonchev–Trinajstić information content (AvgIpc) is 3.13. The molecule has 17 heavy (non-hydrogen) atoms. The normalized spacial score (nSPS) is 19.1. The molecule has 4 heteroatoms. The Morgan fingerprint density at radius 3 is 2.76 bits per heavy atom. The molecule has 2 rings (SSSR count). The summed E-state index contributed by atoms with van der Waals surface area (Å²) >= 11 is 3.18. The molecule has 1 atom stereocenters. The molecule has 0 heterocycles. The van der Waals surface area contributed by atoms with E-state index in [0.29, 0.717) is 4.47 Å². The van der Waals surface area contributed by atoms with Crippen LogP contribution in [-0.4, -0.2) is 18.3 Å². The van der Waals surface area contributed by atoms with Gasteiger partial charge in [0.25, 0.3) is 0 Å². The van der Waals surface area contributed by atoms with Gasteiger partial charge in [0.2, 0.25) is 0 Å². The van der Waals surface area contributed by atoms with Gasteiger partial charge in [-0.05, 0) is 65.9 Å². The van der Waals surface area contributed by atoms with Crippen molar-refractivity contribution in [2.75, 3.05) is 13.2 Å². The summed E-state index contributed by atoms with van der Waals surface area (Å²) < 4.78 is 13.6. The quantitative estimate of drug-likeness (QED) is 0.876. The van der Waals surface area contributed by atoms with E-state index in [9.17, 15) is 9.50 Å². The van der Waals surface area contributed by atoms with Crippen LogP contribution in [0.15, 0.2) is 22.7 Å². The van der Waals surface area contributed by atoms with E-state index < -0.39 is 5.54 Å². The van der Waals surface area contributed by atoms with Crippen LogP contribution >= 0.6 is 15.9 Å². The third-order valence-corrected chi connectivity index (χ3v) is 3.96. The highest BCUT2D eigenvalue weighted by Crippen LogP contribution is 2.30. The maximum absolute atomic E-state index is 13.2. The number of hydrogen-bond acceptors (Lipinski definition) is 2. The molecule has 1 aliphatic carbocycles. The smallest absolute Gasteiger partial charge is 0.137 e. The lowest BCUT2D eigenvalue weighted by molar-refractivity contribution is 0.173. The lowest BCUT2D eigenvalue weighted by atomic mass is 9.92. The van der Waals surface area contributed by atoms with Gasteiger partial charge in [0.15, 0.2) is 0 Å². The van der Waals surface area contributed by atoms with Crippen LogP contribution in [0.2, 0.25) is 0 Å². The number of aliphatic hydroxyl groups excluding tert-OH is 1. The zero-order chi connectivity index (χ0) is 12.5. The van der Waals surface area contributed by atoms with E-state index in [1.807, 2.05) is 6.92 Å². The number of nitrogens with one attached hydrogen (secondary N) is 1. The summed E-state index contributed by atoms with van der Waals surface area (Å²) in [5.74, 6) is 0.459. The van der Waals surface area contributed by atoms with Gasteiger partial charge in [-0.2, -0.15) is 0 Å². The van der Waals surface area contributed by atoms with E-state index in [4.69, 9.17) is 0 Å². The van der Waals surface area contributed by atoms with Crippen molar-refractivity contribution in [3.8, 4) is 0 Å². The third-order valence-electron chi connectivity index (χ3n) is 3.35. The molecule has 0 radical (unpaired) electrons. The maximum Gasteiger partial charge on any atom is 0.137 e. The Bertz CT molecular complexity index is 408. The number of rotatable bonds is 5. The van der Waals surface area contributed by atoms with Crippen LogP contribution in [-0.2, 0) is 5.54 Å². The predicted octanol–water partition coefficient (Wildman–Crippen LogP) is 2.80. The van der Waals surface area contributed by atoms with Crippen molar-refractivity contribution in [3.05, 3.63) is 34.1 Å². The van der Waals surface area contributed by atoms with E-state index in [0.717, 1.165) is 18.0 Å². The number of halogens is 2. The molecule has 1 unspecified atom stereocenters. The minimum absolute atomic E-state index is 0.00219. The predicted molar refractivity (Wildman–Crippen MR) is 69.3 cm³/mol. The highest BCUT2D eigenvalue weighted by atomic mass is 79.9. The summed E-state index contributed by atoms with van der Waals surface area (Å²) in [6, 6.07) is 4.87. The van der Waals surface area contributed by atoms with Crippen LogP contribution < -0.4 is 5.32 Å². The van der Waals surface area contributed by atoms with Crippen molar-refractivity contribution < 1.29 is 9.50 Å². The lowest BCUT2D eigenvalue weighted by Crippen LogP contribution is -2.43. The molecule has 0 saturated heterocycles. The molecule has 0 amide bonds. The molecule has 94 valence electrons. The van der Waals surface area contributed by atoms with Crippen LogP contribution in [0.1, 0.15) is 25.3 Å². The van der Waals surface area contributed by atoms with Crippen LogP contribution in [0, 0.1) is 11.7 Å². The Hall–Kier alpha value is -0.450. The molecule has 1 aromatic carbocycles. The first-order valence-corrected chi connectivity index (χ1v) is 6.66. The molecule has 1 saturated carbocycles. The van der Waals surface area contributed by atoms with Gasteiger partial charge < -0.3 is 10.4 Å². The fraction of sp³-hybridized carbons (Fsp3) is 0.538. The molecule has 1 aromatic rings. The first kappa shape index (κ1) is 13.0. The maximum atomic E-state index is 13.2. The van der Waals surface area contributed by atoms with Crippen LogP contribution in [0.4, 0.5) is 4.39 Å². The van der Waals surface area contributed by atoms with E-state index >= 15 is 0 Å². The largest absolute Gasteiger partial charge is 0.394 e. The van der Waals surface area contributed by atoms with Gasteiger partial charge in [0, 0.05) is 0 Å². The minimum Gasteiger partial charge on any atom is -0.394 e. The first-order valence-electron chi connectivity index (χ1n) is 5.86. The van der Waals surface area contributed by atoms with Gasteiger partial charge in [-0.15, -0.1) is 0 Å². The molecule has 2 N–H and O–H groups in total. The minimum atomic E-state index is -0.501. The first-order chi connectivity index (χ1) is 8.05. The van der Waals surface area contributed by atoms with Gasteiger partial charge in [0.1, 0.15) is 5.82 Å². The van der Waals surface area contributed by atoms with Crippen molar-refractivity contribution in [2.45, 2.75) is 25.3 Å². The summed E-state index contributed by atoms with van der Waals surface area (Å²) in [7, 11) is 0. The molecular formula is C13H17BrFNO. The van der Waals surface area contributed by atoms with Crippen LogP contribution in [0.25, 0.3) is 0 Å². The Kier molecular flexibility index (Phi) is 3.85. The standard InChI is InChI=1S/C13H17BrFNO/c1-13(8-17,16-7-9-2-3-9)10-4-5-12(15)11(14)6-10/h4-6,9,16-17H,2-3,7-8H2,1H3. The Morgan fingerprint density at radius 1 is 1.53 bits per heavy atom. The summed E-state index contributed by atoms with van der Waals surface area (Å²) in [4.78, 5) is 0. The van der Waals surface area contributed by atoms with Crippen LogP contribution in [0.5, 0.6) is 0 Å². The van der Waals surface area contributed by atoms with E-state index in [1.54, 1.807) is 12.1 Å². The highest BCUT2D eigenvalue weighted by Gasteiger charge is 2.29. The summed E-state index contributed by atoms with van der Waals surface area (Å²) in [5, 5.41) is 12.9. The fourth-order valence-electron chi connectivity index (χ4n) is 1.78. The summed E-state index contributed by atoms with van der Waals surface area (Å²) in [6.45, 7) is 2.85. The van der Waals surface area contributed by atoms with Gasteiger partial charge >= 0.3 is 0 Å². The third kappa shape index (κ3) is 3.06. The number of benzene rings is 1. The molecule has 0 spiro atoms. The second-order valence-electron chi connectivity index (χ2n) is 4.94. The van der Waals surface area contributed by atoms with Gasteiger partial charge in [-0.1, -0.05) is 6.07 Å². The Balaban J connectivity index is 2.16. The van der Waals surface area contributed by atoms with Crippen molar-refractivity contribution in [3.63, 3.8) is 0 Å². The van der Waals surface area contributed by atoms with E-state index in [2.05, 4.69) is 21.2 Å². The van der Waals surface area contributed by atoms with Gasteiger partial charge in [-0.3, -0.25) is 0 Å². The Morgan fingerprint density at radius 2 is 2.24 bits per heavy atom. The SMILES string of the molecule is CC(CO)(NCC1CC1)c1ccc(F)c(Br)c1. The molecule has 0 aromatic heterocycles. The molecular weight excluding hydrogens is 285 g/mol. The van der Waals surface area contributed by atoms with Crippen LogP contribution in [0.3, 0.4) is 0 Å². The zero-order valence-corrected chi connectivity index (χ0v) is 11.4. The molecule has 0 aliphatic heterocycles. The molecule has 2 nitrogen and oxygen atoms in total. The zero-order valence-electron chi connectivity index (χ0n) is 9.84.